The van der Waals surface area contributed by atoms with Crippen molar-refractivity contribution in [3.05, 3.63) is 76.4 Å². The predicted molar refractivity (Wildman–Crippen MR) is 142 cm³/mol. The summed E-state index contributed by atoms with van der Waals surface area (Å²) in [6.07, 6.45) is -0.458. The summed E-state index contributed by atoms with van der Waals surface area (Å²) in [4.78, 5) is 11.7. The number of esters is 1. The van der Waals surface area contributed by atoms with Crippen molar-refractivity contribution in [2.75, 3.05) is 19.8 Å². The highest BCUT2D eigenvalue weighted by atomic mass is 19.4. The van der Waals surface area contributed by atoms with Gasteiger partial charge < -0.3 is 19.9 Å². The quantitative estimate of drug-likeness (QED) is 0.263. The Morgan fingerprint density at radius 3 is 2.42 bits per heavy atom. The minimum atomic E-state index is -4.52. The molecule has 1 aliphatic rings. The van der Waals surface area contributed by atoms with Gasteiger partial charge in [-0.1, -0.05) is 30.3 Å². The minimum Gasteiger partial charge on any atom is -0.463 e. The van der Waals surface area contributed by atoms with Gasteiger partial charge in [0.1, 0.15) is 0 Å². The summed E-state index contributed by atoms with van der Waals surface area (Å²) in [7, 11) is 0. The van der Waals surface area contributed by atoms with Crippen molar-refractivity contribution < 1.29 is 32.5 Å². The standard InChI is InChI=1S/C30H38F3NO4/c1-5-37-28(36)13-10-24-16-25(30(31,32)33)11-12-27(24)20(2)38-19-26(35)18-34-29(3,4)17-21-14-22-8-6-7-9-23(22)15-21/h6-13,16,20-21,26,34-35H,5,14-15,17-19H2,1-4H3/t20-,26-/m1/s1. The van der Waals surface area contributed by atoms with Crippen molar-refractivity contribution in [1.82, 2.24) is 5.32 Å². The van der Waals surface area contributed by atoms with E-state index in [0.717, 1.165) is 37.5 Å². The van der Waals surface area contributed by atoms with Crippen LogP contribution in [0.4, 0.5) is 13.2 Å². The zero-order valence-electron chi connectivity index (χ0n) is 22.5. The summed E-state index contributed by atoms with van der Waals surface area (Å²) in [6.45, 7) is 8.07. The van der Waals surface area contributed by atoms with E-state index >= 15 is 0 Å². The number of carbonyl (C=O) groups excluding carboxylic acids is 1. The van der Waals surface area contributed by atoms with E-state index in [0.29, 0.717) is 18.0 Å². The van der Waals surface area contributed by atoms with Crippen LogP contribution < -0.4 is 5.32 Å². The van der Waals surface area contributed by atoms with Gasteiger partial charge in [-0.05, 0) is 93.3 Å². The minimum absolute atomic E-state index is 0.00116. The molecule has 208 valence electrons. The Morgan fingerprint density at radius 1 is 1.16 bits per heavy atom. The fourth-order valence-electron chi connectivity index (χ4n) is 5.00. The van der Waals surface area contributed by atoms with Gasteiger partial charge in [0.2, 0.25) is 0 Å². The number of β-amino-alcohol motifs (C(OH)–C–C–N with tert-alkyl or cyclic N) is 1. The van der Waals surface area contributed by atoms with Crippen LogP contribution in [0.2, 0.25) is 0 Å². The lowest BCUT2D eigenvalue weighted by Crippen LogP contribution is -2.45. The maximum atomic E-state index is 13.3. The molecule has 0 spiro atoms. The number of carbonyl (C=O) groups is 1. The average molecular weight is 534 g/mol. The maximum Gasteiger partial charge on any atom is 0.416 e. The Labute approximate surface area is 223 Å². The molecule has 0 radical (unpaired) electrons. The Morgan fingerprint density at radius 2 is 1.82 bits per heavy atom. The van der Waals surface area contributed by atoms with Crippen molar-refractivity contribution >= 4 is 12.0 Å². The molecule has 0 saturated carbocycles. The highest BCUT2D eigenvalue weighted by molar-refractivity contribution is 5.87. The summed E-state index contributed by atoms with van der Waals surface area (Å²) in [5, 5.41) is 14.0. The molecule has 8 heteroatoms. The second-order valence-corrected chi connectivity index (χ2v) is 10.6. The Kier molecular flexibility index (Phi) is 10.2. The largest absolute Gasteiger partial charge is 0.463 e. The van der Waals surface area contributed by atoms with Gasteiger partial charge in [-0.3, -0.25) is 0 Å². The molecule has 2 atom stereocenters. The summed E-state index contributed by atoms with van der Waals surface area (Å²) >= 11 is 0. The second kappa shape index (κ2) is 12.9. The third-order valence-corrected chi connectivity index (χ3v) is 6.83. The number of hydrogen-bond donors (Lipinski definition) is 2. The number of halogens is 3. The number of aliphatic hydroxyl groups is 1. The summed E-state index contributed by atoms with van der Waals surface area (Å²) in [6, 6.07) is 11.8. The van der Waals surface area contributed by atoms with Gasteiger partial charge in [-0.15, -0.1) is 0 Å². The summed E-state index contributed by atoms with van der Waals surface area (Å²) in [5.41, 5.74) is 2.49. The highest BCUT2D eigenvalue weighted by Gasteiger charge is 2.31. The number of aliphatic hydroxyl groups excluding tert-OH is 1. The molecule has 38 heavy (non-hydrogen) atoms. The Balaban J connectivity index is 1.55. The van der Waals surface area contributed by atoms with E-state index in [2.05, 4.69) is 43.4 Å². The van der Waals surface area contributed by atoms with E-state index in [4.69, 9.17) is 9.47 Å². The van der Waals surface area contributed by atoms with Crippen LogP contribution in [0.3, 0.4) is 0 Å². The summed E-state index contributed by atoms with van der Waals surface area (Å²) in [5.74, 6) is -0.0981. The van der Waals surface area contributed by atoms with E-state index in [9.17, 15) is 23.1 Å². The van der Waals surface area contributed by atoms with Crippen LogP contribution in [-0.2, 0) is 33.3 Å². The number of hydrogen-bond acceptors (Lipinski definition) is 5. The third-order valence-electron chi connectivity index (χ3n) is 6.83. The Bertz CT molecular complexity index is 1090. The molecule has 2 aromatic rings. The molecule has 2 N–H and O–H groups in total. The van der Waals surface area contributed by atoms with Crippen LogP contribution in [0.5, 0.6) is 0 Å². The van der Waals surface area contributed by atoms with Crippen LogP contribution in [0.15, 0.2) is 48.5 Å². The number of fused-ring (bicyclic) bond motifs is 1. The van der Waals surface area contributed by atoms with Crippen molar-refractivity contribution in [2.45, 2.75) is 70.9 Å². The molecular formula is C30H38F3NO4. The molecule has 0 aliphatic heterocycles. The molecule has 0 fully saturated rings. The molecule has 0 unspecified atom stereocenters. The SMILES string of the molecule is CCOC(=O)C=Cc1cc(C(F)(F)F)ccc1[C@@H](C)OC[C@H](O)CNC(C)(C)CC1Cc2ccccc2C1. The first kappa shape index (κ1) is 29.9. The van der Waals surface area contributed by atoms with E-state index in [-0.39, 0.29) is 24.3 Å². The second-order valence-electron chi connectivity index (χ2n) is 10.6. The fraction of sp³-hybridized carbons (Fsp3) is 0.500. The molecule has 0 saturated heterocycles. The van der Waals surface area contributed by atoms with E-state index < -0.39 is 29.9 Å². The molecule has 2 aromatic carbocycles. The van der Waals surface area contributed by atoms with Gasteiger partial charge >= 0.3 is 12.1 Å². The molecule has 0 bridgehead atoms. The third kappa shape index (κ3) is 8.68. The van der Waals surface area contributed by atoms with Gasteiger partial charge in [-0.2, -0.15) is 13.2 Å². The number of rotatable bonds is 12. The van der Waals surface area contributed by atoms with Crippen molar-refractivity contribution in [2.24, 2.45) is 5.92 Å². The lowest BCUT2D eigenvalue weighted by atomic mass is 9.88. The Hall–Kier alpha value is -2.68. The molecule has 3 rings (SSSR count). The first-order valence-corrected chi connectivity index (χ1v) is 13.1. The van der Waals surface area contributed by atoms with Crippen LogP contribution in [0.1, 0.15) is 68.0 Å². The number of ether oxygens (including phenoxy) is 2. The predicted octanol–water partition coefficient (Wildman–Crippen LogP) is 5.89. The van der Waals surface area contributed by atoms with Gasteiger partial charge in [0.15, 0.2) is 0 Å². The van der Waals surface area contributed by atoms with Gasteiger partial charge in [0.25, 0.3) is 0 Å². The van der Waals surface area contributed by atoms with Crippen LogP contribution in [-0.4, -0.2) is 42.5 Å². The van der Waals surface area contributed by atoms with Crippen molar-refractivity contribution in [3.63, 3.8) is 0 Å². The molecule has 0 aromatic heterocycles. The van der Waals surface area contributed by atoms with E-state index in [1.54, 1.807) is 13.8 Å². The molecular weight excluding hydrogens is 495 g/mol. The first-order chi connectivity index (χ1) is 17.9. The normalized spacial score (nSPS) is 16.0. The van der Waals surface area contributed by atoms with E-state index in [1.165, 1.54) is 23.3 Å². The van der Waals surface area contributed by atoms with Crippen LogP contribution >= 0.6 is 0 Å². The number of nitrogens with one attached hydrogen (secondary N) is 1. The topological polar surface area (TPSA) is 67.8 Å². The zero-order valence-corrected chi connectivity index (χ0v) is 22.5. The number of alkyl halides is 3. The maximum absolute atomic E-state index is 13.3. The monoisotopic (exact) mass is 533 g/mol. The van der Waals surface area contributed by atoms with Crippen LogP contribution in [0, 0.1) is 5.92 Å². The molecule has 0 heterocycles. The highest BCUT2D eigenvalue weighted by Crippen LogP contribution is 2.34. The average Bonchev–Trinajstić information content (AvgIpc) is 3.25. The summed E-state index contributed by atoms with van der Waals surface area (Å²) < 4.78 is 50.5. The fourth-order valence-corrected chi connectivity index (χ4v) is 5.00. The smallest absolute Gasteiger partial charge is 0.416 e. The lowest BCUT2D eigenvalue weighted by molar-refractivity contribution is -0.138. The van der Waals surface area contributed by atoms with Crippen molar-refractivity contribution in [1.29, 1.82) is 0 Å². The van der Waals surface area contributed by atoms with Crippen LogP contribution in [0.25, 0.3) is 6.08 Å². The van der Waals surface area contributed by atoms with Gasteiger partial charge in [-0.25, -0.2) is 4.79 Å². The number of benzene rings is 2. The molecule has 5 nitrogen and oxygen atoms in total. The first-order valence-electron chi connectivity index (χ1n) is 13.1. The molecule has 0 amide bonds. The van der Waals surface area contributed by atoms with Crippen molar-refractivity contribution in [3.8, 4) is 0 Å². The van der Waals surface area contributed by atoms with Gasteiger partial charge in [0, 0.05) is 18.2 Å². The molecule has 1 aliphatic carbocycles. The lowest BCUT2D eigenvalue weighted by Gasteiger charge is -2.31. The van der Waals surface area contributed by atoms with E-state index in [1.807, 2.05) is 0 Å². The zero-order chi connectivity index (χ0) is 27.9. The van der Waals surface area contributed by atoms with Gasteiger partial charge in [0.05, 0.1) is 31.0 Å².